The summed E-state index contributed by atoms with van der Waals surface area (Å²) < 4.78 is 23.2. The van der Waals surface area contributed by atoms with Crippen LogP contribution >= 0.6 is 11.6 Å². The second kappa shape index (κ2) is 7.61. The molecule has 1 aliphatic rings. The van der Waals surface area contributed by atoms with E-state index in [1.807, 2.05) is 18.2 Å². The van der Waals surface area contributed by atoms with Gasteiger partial charge in [0.15, 0.2) is 9.84 Å². The molecule has 5 heteroatoms. The van der Waals surface area contributed by atoms with E-state index in [2.05, 4.69) is 18.3 Å². The van der Waals surface area contributed by atoms with Crippen molar-refractivity contribution in [3.63, 3.8) is 0 Å². The molecule has 1 aromatic rings. The minimum Gasteiger partial charge on any atom is -0.314 e. The molecular formula is C16H24ClNO2S. The van der Waals surface area contributed by atoms with Gasteiger partial charge in [0, 0.05) is 11.1 Å². The molecule has 21 heavy (non-hydrogen) atoms. The van der Waals surface area contributed by atoms with Crippen LogP contribution in [0.25, 0.3) is 0 Å². The molecule has 118 valence electrons. The normalized spacial score (nSPS) is 22.3. The van der Waals surface area contributed by atoms with E-state index in [1.165, 1.54) is 5.56 Å². The van der Waals surface area contributed by atoms with E-state index >= 15 is 0 Å². The third kappa shape index (κ3) is 5.61. The third-order valence-corrected chi connectivity index (χ3v) is 6.07. The Kier molecular flexibility index (Phi) is 6.08. The quantitative estimate of drug-likeness (QED) is 0.836. The van der Waals surface area contributed by atoms with Crippen molar-refractivity contribution in [3.05, 3.63) is 34.9 Å². The van der Waals surface area contributed by atoms with Gasteiger partial charge in [-0.05, 0) is 55.8 Å². The molecule has 1 aliphatic heterocycles. The Labute approximate surface area is 133 Å². The topological polar surface area (TPSA) is 46.2 Å². The fourth-order valence-corrected chi connectivity index (χ4v) is 5.09. The van der Waals surface area contributed by atoms with Crippen LogP contribution in [0.15, 0.2) is 24.3 Å². The zero-order chi connectivity index (χ0) is 15.3. The summed E-state index contributed by atoms with van der Waals surface area (Å²) in [5.41, 5.74) is 1.21. The first-order valence-electron chi connectivity index (χ1n) is 7.67. The molecule has 0 bridgehead atoms. The van der Waals surface area contributed by atoms with Crippen molar-refractivity contribution in [1.82, 2.24) is 5.32 Å². The highest BCUT2D eigenvalue weighted by Crippen LogP contribution is 2.24. The Morgan fingerprint density at radius 2 is 2.24 bits per heavy atom. The van der Waals surface area contributed by atoms with E-state index in [0.717, 1.165) is 37.3 Å². The van der Waals surface area contributed by atoms with Gasteiger partial charge in [-0.1, -0.05) is 30.7 Å². The molecule has 0 aromatic heterocycles. The maximum absolute atomic E-state index is 11.6. The van der Waals surface area contributed by atoms with Crippen molar-refractivity contribution in [2.24, 2.45) is 5.92 Å². The Hall–Kier alpha value is -0.580. The van der Waals surface area contributed by atoms with E-state index in [-0.39, 0.29) is 0 Å². The van der Waals surface area contributed by atoms with E-state index in [9.17, 15) is 8.42 Å². The molecule has 2 rings (SSSR count). The largest absolute Gasteiger partial charge is 0.314 e. The van der Waals surface area contributed by atoms with Crippen molar-refractivity contribution < 1.29 is 8.42 Å². The SMILES string of the molecule is CCCNC(Cc1cccc(Cl)c1)CC1CCS(=O)(=O)C1. The summed E-state index contributed by atoms with van der Waals surface area (Å²) in [6.07, 6.45) is 3.71. The van der Waals surface area contributed by atoms with Crippen LogP contribution in [0.2, 0.25) is 5.02 Å². The first-order valence-corrected chi connectivity index (χ1v) is 9.86. The highest BCUT2D eigenvalue weighted by atomic mass is 35.5. The van der Waals surface area contributed by atoms with Crippen LogP contribution in [0.1, 0.15) is 31.7 Å². The fraction of sp³-hybridized carbons (Fsp3) is 0.625. The molecule has 2 unspecified atom stereocenters. The molecule has 2 atom stereocenters. The minimum absolute atomic E-state index is 0.295. The molecule has 0 aliphatic carbocycles. The van der Waals surface area contributed by atoms with Gasteiger partial charge in [0.1, 0.15) is 0 Å². The molecule has 1 aromatic carbocycles. The van der Waals surface area contributed by atoms with Crippen molar-refractivity contribution >= 4 is 21.4 Å². The van der Waals surface area contributed by atoms with Gasteiger partial charge in [0.2, 0.25) is 0 Å². The zero-order valence-electron chi connectivity index (χ0n) is 12.5. The summed E-state index contributed by atoms with van der Waals surface area (Å²) in [5, 5.41) is 4.31. The van der Waals surface area contributed by atoms with Crippen molar-refractivity contribution in [2.75, 3.05) is 18.1 Å². The van der Waals surface area contributed by atoms with Crippen LogP contribution in [0, 0.1) is 5.92 Å². The Morgan fingerprint density at radius 1 is 1.43 bits per heavy atom. The average molecular weight is 330 g/mol. The number of nitrogens with one attached hydrogen (secondary N) is 1. The lowest BCUT2D eigenvalue weighted by molar-refractivity contribution is 0.403. The smallest absolute Gasteiger partial charge is 0.150 e. The molecule has 3 nitrogen and oxygen atoms in total. The Morgan fingerprint density at radius 3 is 2.86 bits per heavy atom. The summed E-state index contributed by atoms with van der Waals surface area (Å²) in [4.78, 5) is 0. The van der Waals surface area contributed by atoms with Crippen molar-refractivity contribution in [1.29, 1.82) is 0 Å². The van der Waals surface area contributed by atoms with Gasteiger partial charge in [0.05, 0.1) is 11.5 Å². The first-order chi connectivity index (χ1) is 9.98. The first kappa shape index (κ1) is 16.8. The predicted molar refractivity (Wildman–Crippen MR) is 88.6 cm³/mol. The van der Waals surface area contributed by atoms with Crippen molar-refractivity contribution in [2.45, 2.75) is 38.6 Å². The van der Waals surface area contributed by atoms with Crippen LogP contribution in [-0.4, -0.2) is 32.5 Å². The van der Waals surface area contributed by atoms with Gasteiger partial charge < -0.3 is 5.32 Å². The molecule has 0 amide bonds. The highest BCUT2D eigenvalue weighted by Gasteiger charge is 2.29. The lowest BCUT2D eigenvalue weighted by atomic mass is 9.94. The van der Waals surface area contributed by atoms with Gasteiger partial charge in [0.25, 0.3) is 0 Å². The zero-order valence-corrected chi connectivity index (χ0v) is 14.1. The summed E-state index contributed by atoms with van der Waals surface area (Å²) in [5.74, 6) is 1.01. The molecule has 0 radical (unpaired) electrons. The second-order valence-electron chi connectivity index (χ2n) is 5.99. The summed E-state index contributed by atoms with van der Waals surface area (Å²) in [6, 6.07) is 8.24. The number of hydrogen-bond acceptors (Lipinski definition) is 3. The molecule has 0 spiro atoms. The molecule has 1 heterocycles. The average Bonchev–Trinajstić information content (AvgIpc) is 2.75. The molecule has 1 N–H and O–H groups in total. The highest BCUT2D eigenvalue weighted by molar-refractivity contribution is 7.91. The molecule has 1 fully saturated rings. The van der Waals surface area contributed by atoms with E-state index in [1.54, 1.807) is 0 Å². The van der Waals surface area contributed by atoms with Gasteiger partial charge in [-0.25, -0.2) is 8.42 Å². The van der Waals surface area contributed by atoms with Gasteiger partial charge >= 0.3 is 0 Å². The lowest BCUT2D eigenvalue weighted by Crippen LogP contribution is -2.34. The molecule has 0 saturated carbocycles. The standard InChI is InChI=1S/C16H24ClNO2S/c1-2-7-18-16(10-13-4-3-5-15(17)9-13)11-14-6-8-21(19,20)12-14/h3-5,9,14,16,18H,2,6-8,10-12H2,1H3. The van der Waals surface area contributed by atoms with E-state index in [0.29, 0.717) is 23.5 Å². The molecular weight excluding hydrogens is 306 g/mol. The summed E-state index contributed by atoms with van der Waals surface area (Å²) in [7, 11) is -2.79. The number of sulfone groups is 1. The Balaban J connectivity index is 1.97. The van der Waals surface area contributed by atoms with Crippen LogP contribution in [0.3, 0.4) is 0 Å². The number of benzene rings is 1. The number of hydrogen-bond donors (Lipinski definition) is 1. The maximum atomic E-state index is 11.6. The fourth-order valence-electron chi connectivity index (χ4n) is 3.00. The summed E-state index contributed by atoms with van der Waals surface area (Å²) in [6.45, 7) is 3.11. The molecule has 1 saturated heterocycles. The Bertz CT molecular complexity index is 559. The van der Waals surface area contributed by atoms with Gasteiger partial charge in [-0.15, -0.1) is 0 Å². The van der Waals surface area contributed by atoms with Crippen LogP contribution in [0.4, 0.5) is 0 Å². The van der Waals surface area contributed by atoms with Crippen LogP contribution < -0.4 is 5.32 Å². The van der Waals surface area contributed by atoms with Gasteiger partial charge in [-0.3, -0.25) is 0 Å². The maximum Gasteiger partial charge on any atom is 0.150 e. The van der Waals surface area contributed by atoms with Gasteiger partial charge in [-0.2, -0.15) is 0 Å². The van der Waals surface area contributed by atoms with Crippen LogP contribution in [-0.2, 0) is 16.3 Å². The lowest BCUT2D eigenvalue weighted by Gasteiger charge is -2.21. The second-order valence-corrected chi connectivity index (χ2v) is 8.66. The summed E-state index contributed by atoms with van der Waals surface area (Å²) >= 11 is 6.04. The number of halogens is 1. The minimum atomic E-state index is -2.79. The van der Waals surface area contributed by atoms with Crippen molar-refractivity contribution in [3.8, 4) is 0 Å². The van der Waals surface area contributed by atoms with E-state index in [4.69, 9.17) is 11.6 Å². The van der Waals surface area contributed by atoms with E-state index < -0.39 is 9.84 Å². The predicted octanol–water partition coefficient (Wildman–Crippen LogP) is 3.08. The number of rotatable bonds is 7. The van der Waals surface area contributed by atoms with Crippen LogP contribution in [0.5, 0.6) is 0 Å². The monoisotopic (exact) mass is 329 g/mol. The third-order valence-electron chi connectivity index (χ3n) is 4.00.